The first-order valence-electron chi connectivity index (χ1n) is 6.22. The summed E-state index contributed by atoms with van der Waals surface area (Å²) in [4.78, 5) is 26.0. The van der Waals surface area contributed by atoms with Gasteiger partial charge < -0.3 is 16.2 Å². The molecule has 102 valence electrons. The van der Waals surface area contributed by atoms with Crippen LogP contribution in [0.4, 0.5) is 5.82 Å². The summed E-state index contributed by atoms with van der Waals surface area (Å²) < 4.78 is 0. The van der Waals surface area contributed by atoms with Gasteiger partial charge in [-0.1, -0.05) is 6.42 Å². The second-order valence-corrected chi connectivity index (χ2v) is 5.07. The average Bonchev–Trinajstić information content (AvgIpc) is 2.32. The predicted octanol–water partition coefficient (Wildman–Crippen LogP) is 1.24. The highest BCUT2D eigenvalue weighted by Gasteiger charge is 2.38. The summed E-state index contributed by atoms with van der Waals surface area (Å²) in [6.45, 7) is 0.550. The average molecular weight is 263 g/mol. The molecule has 0 radical (unpaired) electrons. The highest BCUT2D eigenvalue weighted by atomic mass is 16.4. The Morgan fingerprint density at radius 3 is 2.74 bits per heavy atom. The van der Waals surface area contributed by atoms with Crippen molar-refractivity contribution < 1.29 is 14.7 Å². The molecular formula is C13H17N3O3. The van der Waals surface area contributed by atoms with Crippen LogP contribution in [0.3, 0.4) is 0 Å². The number of aliphatic carboxylic acids is 1. The van der Waals surface area contributed by atoms with Crippen molar-refractivity contribution in [2.75, 3.05) is 11.9 Å². The Bertz CT molecular complexity index is 498. The Morgan fingerprint density at radius 2 is 2.21 bits per heavy atom. The molecule has 19 heavy (non-hydrogen) atoms. The van der Waals surface area contributed by atoms with Crippen LogP contribution in [0.5, 0.6) is 0 Å². The second-order valence-electron chi connectivity index (χ2n) is 5.07. The van der Waals surface area contributed by atoms with E-state index in [1.54, 1.807) is 12.1 Å². The van der Waals surface area contributed by atoms with Crippen LogP contribution in [0, 0.1) is 5.41 Å². The number of nitrogens with zero attached hydrogens (tertiary/aromatic N) is 1. The molecule has 0 aromatic carbocycles. The van der Waals surface area contributed by atoms with Crippen molar-refractivity contribution in [1.29, 1.82) is 0 Å². The molecule has 0 unspecified atom stereocenters. The van der Waals surface area contributed by atoms with E-state index in [0.717, 1.165) is 19.3 Å². The van der Waals surface area contributed by atoms with Crippen LogP contribution < -0.4 is 11.1 Å². The lowest BCUT2D eigenvalue weighted by molar-refractivity contribution is -0.141. The van der Waals surface area contributed by atoms with Gasteiger partial charge in [0.25, 0.3) is 0 Å². The molecule has 1 aromatic heterocycles. The SMILES string of the molecule is NC(=O)c1ccnc(NCC2(CC(=O)O)CCC2)c1. The number of nitrogens with two attached hydrogens (primary N) is 1. The van der Waals surface area contributed by atoms with E-state index in [-0.39, 0.29) is 11.8 Å². The number of carbonyl (C=O) groups is 2. The number of amides is 1. The highest BCUT2D eigenvalue weighted by molar-refractivity contribution is 5.93. The molecule has 0 bridgehead atoms. The number of carbonyl (C=O) groups excluding carboxylic acids is 1. The Hall–Kier alpha value is -2.11. The van der Waals surface area contributed by atoms with Gasteiger partial charge in [0.05, 0.1) is 6.42 Å². The minimum absolute atomic E-state index is 0.162. The number of anilines is 1. The maximum atomic E-state index is 11.1. The number of nitrogens with one attached hydrogen (secondary N) is 1. The van der Waals surface area contributed by atoms with Gasteiger partial charge in [0.15, 0.2) is 0 Å². The molecule has 1 fully saturated rings. The number of hydrogen-bond acceptors (Lipinski definition) is 4. The summed E-state index contributed by atoms with van der Waals surface area (Å²) in [7, 11) is 0. The Labute approximate surface area is 111 Å². The third-order valence-corrected chi connectivity index (χ3v) is 3.63. The van der Waals surface area contributed by atoms with Crippen LogP contribution >= 0.6 is 0 Å². The van der Waals surface area contributed by atoms with Crippen LogP contribution in [0.25, 0.3) is 0 Å². The number of pyridine rings is 1. The number of carboxylic acid groups (broad SMARTS) is 1. The molecule has 0 aliphatic heterocycles. The van der Waals surface area contributed by atoms with Crippen molar-refractivity contribution in [2.24, 2.45) is 11.1 Å². The highest BCUT2D eigenvalue weighted by Crippen LogP contribution is 2.43. The van der Waals surface area contributed by atoms with Crippen molar-refractivity contribution >= 4 is 17.7 Å². The summed E-state index contributed by atoms with van der Waals surface area (Å²) in [5, 5.41) is 12.0. The molecule has 6 heteroatoms. The van der Waals surface area contributed by atoms with Crippen molar-refractivity contribution in [1.82, 2.24) is 4.98 Å². The molecule has 0 atom stereocenters. The molecule has 1 aromatic rings. The van der Waals surface area contributed by atoms with Crippen LogP contribution in [-0.2, 0) is 4.79 Å². The van der Waals surface area contributed by atoms with Crippen molar-refractivity contribution in [3.63, 3.8) is 0 Å². The van der Waals surface area contributed by atoms with Crippen molar-refractivity contribution in [3.05, 3.63) is 23.9 Å². The predicted molar refractivity (Wildman–Crippen MR) is 69.8 cm³/mol. The smallest absolute Gasteiger partial charge is 0.303 e. The standard InChI is InChI=1S/C13H17N3O3/c14-12(19)9-2-5-15-10(6-9)16-8-13(3-1-4-13)7-11(17)18/h2,5-6H,1,3-4,7-8H2,(H2,14,19)(H,15,16)(H,17,18). The van der Waals surface area contributed by atoms with E-state index >= 15 is 0 Å². The van der Waals surface area contributed by atoms with Crippen molar-refractivity contribution in [2.45, 2.75) is 25.7 Å². The van der Waals surface area contributed by atoms with Crippen LogP contribution in [-0.4, -0.2) is 28.5 Å². The number of hydrogen-bond donors (Lipinski definition) is 3. The molecule has 0 spiro atoms. The lowest BCUT2D eigenvalue weighted by Gasteiger charge is -2.41. The molecule has 4 N–H and O–H groups in total. The van der Waals surface area contributed by atoms with E-state index in [4.69, 9.17) is 10.8 Å². The van der Waals surface area contributed by atoms with Crippen LogP contribution in [0.15, 0.2) is 18.3 Å². The van der Waals surface area contributed by atoms with Crippen molar-refractivity contribution in [3.8, 4) is 0 Å². The normalized spacial score (nSPS) is 16.4. The second kappa shape index (κ2) is 5.26. The fourth-order valence-corrected chi connectivity index (χ4v) is 2.37. The van der Waals surface area contributed by atoms with Crippen LogP contribution in [0.1, 0.15) is 36.0 Å². The van der Waals surface area contributed by atoms with Gasteiger partial charge in [0.1, 0.15) is 5.82 Å². The van der Waals surface area contributed by atoms with Crippen LogP contribution in [0.2, 0.25) is 0 Å². The largest absolute Gasteiger partial charge is 0.481 e. The van der Waals surface area contributed by atoms with Gasteiger partial charge >= 0.3 is 5.97 Å². The van der Waals surface area contributed by atoms with Gasteiger partial charge in [-0.15, -0.1) is 0 Å². The first kappa shape index (κ1) is 13.3. The number of carboxylic acids is 1. The van der Waals surface area contributed by atoms with Gasteiger partial charge in [-0.2, -0.15) is 0 Å². The summed E-state index contributed by atoms with van der Waals surface area (Å²) in [6.07, 6.45) is 4.54. The lowest BCUT2D eigenvalue weighted by atomic mass is 9.66. The minimum atomic E-state index is -0.777. The zero-order valence-corrected chi connectivity index (χ0v) is 10.6. The molecule has 1 heterocycles. The Balaban J connectivity index is 1.99. The first-order chi connectivity index (χ1) is 9.01. The lowest BCUT2D eigenvalue weighted by Crippen LogP contribution is -2.38. The maximum Gasteiger partial charge on any atom is 0.303 e. The van der Waals surface area contributed by atoms with E-state index in [0.29, 0.717) is 17.9 Å². The van der Waals surface area contributed by atoms with E-state index in [2.05, 4.69) is 10.3 Å². The summed E-state index contributed by atoms with van der Waals surface area (Å²) >= 11 is 0. The molecule has 6 nitrogen and oxygen atoms in total. The van der Waals surface area contributed by atoms with E-state index < -0.39 is 11.9 Å². The topological polar surface area (TPSA) is 105 Å². The van der Waals surface area contributed by atoms with E-state index in [9.17, 15) is 9.59 Å². The molecular weight excluding hydrogens is 246 g/mol. The van der Waals surface area contributed by atoms with E-state index in [1.807, 2.05) is 0 Å². The third kappa shape index (κ3) is 3.21. The van der Waals surface area contributed by atoms with Gasteiger partial charge in [-0.25, -0.2) is 4.98 Å². The molecule has 1 amide bonds. The van der Waals surface area contributed by atoms with Gasteiger partial charge in [0.2, 0.25) is 5.91 Å². The first-order valence-corrected chi connectivity index (χ1v) is 6.22. The summed E-state index contributed by atoms with van der Waals surface area (Å²) in [6, 6.07) is 3.12. The zero-order valence-electron chi connectivity index (χ0n) is 10.6. The van der Waals surface area contributed by atoms with E-state index in [1.165, 1.54) is 6.20 Å². The van der Waals surface area contributed by atoms with Gasteiger partial charge in [-0.05, 0) is 30.4 Å². The number of rotatable bonds is 6. The number of aromatic nitrogens is 1. The fourth-order valence-electron chi connectivity index (χ4n) is 2.37. The maximum absolute atomic E-state index is 11.1. The number of primary amides is 1. The van der Waals surface area contributed by atoms with Gasteiger partial charge in [0, 0.05) is 18.3 Å². The Kier molecular flexibility index (Phi) is 3.69. The molecule has 1 aliphatic carbocycles. The molecule has 0 saturated heterocycles. The molecule has 1 aliphatic rings. The van der Waals surface area contributed by atoms with Gasteiger partial charge in [-0.3, -0.25) is 9.59 Å². The summed E-state index contributed by atoms with van der Waals surface area (Å²) in [5.74, 6) is -0.734. The summed E-state index contributed by atoms with van der Waals surface area (Å²) in [5.41, 5.74) is 5.40. The Morgan fingerprint density at radius 1 is 1.47 bits per heavy atom. The molecule has 1 saturated carbocycles. The molecule has 2 rings (SSSR count). The third-order valence-electron chi connectivity index (χ3n) is 3.63. The fraction of sp³-hybridized carbons (Fsp3) is 0.462. The zero-order chi connectivity index (χ0) is 13.9. The quantitative estimate of drug-likeness (QED) is 0.716. The monoisotopic (exact) mass is 263 g/mol. The minimum Gasteiger partial charge on any atom is -0.481 e.